The zero-order valence-corrected chi connectivity index (χ0v) is 24.6. The summed E-state index contributed by atoms with van der Waals surface area (Å²) >= 11 is 3.18. The van der Waals surface area contributed by atoms with Crippen molar-refractivity contribution in [3.8, 4) is 0 Å². The number of alkyl halides is 1. The van der Waals surface area contributed by atoms with E-state index < -0.39 is 44.3 Å². The van der Waals surface area contributed by atoms with Crippen LogP contribution >= 0.6 is 15.9 Å². The molecule has 0 bridgehead atoms. The summed E-state index contributed by atoms with van der Waals surface area (Å²) in [6.45, 7) is 7.55. The first kappa shape index (κ1) is 30.7. The Balaban J connectivity index is 2.43. The number of benzene rings is 2. The second-order valence-corrected chi connectivity index (χ2v) is 14.9. The van der Waals surface area contributed by atoms with Crippen molar-refractivity contribution in [3.05, 3.63) is 60.7 Å². The summed E-state index contributed by atoms with van der Waals surface area (Å²) in [5, 5.41) is 17.4. The maximum atomic E-state index is 13.1. The Hall–Kier alpha value is -2.53. The predicted octanol–water partition coefficient (Wildman–Crippen LogP) is 1.87. The topological polar surface area (TPSA) is 114 Å². The third-order valence-electron chi connectivity index (χ3n) is 6.09. The molecule has 2 amide bonds. The van der Waals surface area contributed by atoms with Crippen LogP contribution in [0.2, 0.25) is 5.04 Å². The number of ether oxygens (including phenoxy) is 1. The first-order valence-electron chi connectivity index (χ1n) is 12.1. The summed E-state index contributed by atoms with van der Waals surface area (Å²) in [5.41, 5.74) is 0. The average Bonchev–Trinajstić information content (AvgIpc) is 2.86. The van der Waals surface area contributed by atoms with Crippen LogP contribution in [0.3, 0.4) is 0 Å². The minimum atomic E-state index is -2.99. The van der Waals surface area contributed by atoms with Gasteiger partial charge in [0.15, 0.2) is 0 Å². The van der Waals surface area contributed by atoms with Gasteiger partial charge in [-0.05, 0) is 22.3 Å². The highest BCUT2D eigenvalue weighted by atomic mass is 79.9. The molecule has 2 aromatic carbocycles. The van der Waals surface area contributed by atoms with E-state index in [9.17, 15) is 19.5 Å². The molecule has 0 spiro atoms. The second kappa shape index (κ2) is 13.9. The maximum Gasteiger partial charge on any atom is 0.330 e. The van der Waals surface area contributed by atoms with Crippen molar-refractivity contribution >= 4 is 52.4 Å². The number of rotatable bonds is 12. The molecule has 0 aliphatic heterocycles. The van der Waals surface area contributed by atoms with Gasteiger partial charge in [-0.15, -0.1) is 0 Å². The SMILES string of the molecule is COC(=O)C(CO[Si](c1ccccc1)(c1ccccc1)C(C)(C)C)NC(=O)[C@@H](NC(=O)CCBr)[C@@H](C)O. The van der Waals surface area contributed by atoms with Crippen LogP contribution in [-0.4, -0.2) is 68.4 Å². The molecule has 0 aliphatic rings. The lowest BCUT2D eigenvalue weighted by Gasteiger charge is -2.43. The first-order valence-corrected chi connectivity index (χ1v) is 15.2. The Morgan fingerprint density at radius 2 is 1.49 bits per heavy atom. The van der Waals surface area contributed by atoms with Crippen LogP contribution in [0.25, 0.3) is 0 Å². The minimum Gasteiger partial charge on any atom is -0.467 e. The standard InChI is InChI=1S/C27H37BrN2O6Si/c1-19(31)24(30-23(32)16-17-28)25(33)29-22(26(34)35-5)18-36-37(27(2,3)4,20-12-8-6-9-13-20)21-14-10-7-11-15-21/h6-15,19,22,24,31H,16-18H2,1-5H3,(H,29,33)(H,30,32)/t19-,22?,24+/m1/s1. The zero-order valence-electron chi connectivity index (χ0n) is 22.0. The highest BCUT2D eigenvalue weighted by molar-refractivity contribution is 9.09. The molecule has 3 atom stereocenters. The van der Waals surface area contributed by atoms with E-state index in [0.717, 1.165) is 10.4 Å². The number of amides is 2. The van der Waals surface area contributed by atoms with E-state index in [2.05, 4.69) is 47.3 Å². The summed E-state index contributed by atoms with van der Waals surface area (Å²) in [6.07, 6.45) is -1.05. The van der Waals surface area contributed by atoms with E-state index in [1.807, 2.05) is 60.7 Å². The molecular formula is C27H37BrN2O6Si. The lowest BCUT2D eigenvalue weighted by molar-refractivity contribution is -0.146. The maximum absolute atomic E-state index is 13.1. The molecule has 202 valence electrons. The summed E-state index contributed by atoms with van der Waals surface area (Å²) < 4.78 is 11.7. The minimum absolute atomic E-state index is 0.133. The third kappa shape index (κ3) is 7.73. The summed E-state index contributed by atoms with van der Waals surface area (Å²) in [5.74, 6) is -1.81. The van der Waals surface area contributed by atoms with Gasteiger partial charge < -0.3 is 24.9 Å². The molecule has 1 unspecified atom stereocenters. The Kier molecular flexibility index (Phi) is 11.5. The molecule has 0 saturated heterocycles. The average molecular weight is 594 g/mol. The monoisotopic (exact) mass is 592 g/mol. The zero-order chi connectivity index (χ0) is 27.6. The lowest BCUT2D eigenvalue weighted by atomic mass is 10.1. The number of carbonyl (C=O) groups excluding carboxylic acids is 3. The number of aliphatic hydroxyl groups excluding tert-OH is 1. The van der Waals surface area contributed by atoms with Gasteiger partial charge in [-0.1, -0.05) is 97.4 Å². The van der Waals surface area contributed by atoms with Crippen LogP contribution in [0.4, 0.5) is 0 Å². The van der Waals surface area contributed by atoms with Crippen LogP contribution in [0, 0.1) is 0 Å². The highest BCUT2D eigenvalue weighted by Gasteiger charge is 2.50. The third-order valence-corrected chi connectivity index (χ3v) is 11.5. The van der Waals surface area contributed by atoms with E-state index in [-0.39, 0.29) is 18.1 Å². The quantitative estimate of drug-likeness (QED) is 0.197. The Labute approximate surface area is 228 Å². The van der Waals surface area contributed by atoms with Crippen molar-refractivity contribution in [1.29, 1.82) is 0 Å². The largest absolute Gasteiger partial charge is 0.467 e. The molecule has 0 heterocycles. The molecule has 2 aromatic rings. The van der Waals surface area contributed by atoms with Crippen molar-refractivity contribution < 1.29 is 28.7 Å². The van der Waals surface area contributed by atoms with Crippen molar-refractivity contribution in [1.82, 2.24) is 10.6 Å². The van der Waals surface area contributed by atoms with Crippen LogP contribution in [0.1, 0.15) is 34.1 Å². The second-order valence-electron chi connectivity index (χ2n) is 9.78. The van der Waals surface area contributed by atoms with Gasteiger partial charge in [0.25, 0.3) is 8.32 Å². The predicted molar refractivity (Wildman–Crippen MR) is 150 cm³/mol. The smallest absolute Gasteiger partial charge is 0.330 e. The summed E-state index contributed by atoms with van der Waals surface area (Å²) in [7, 11) is -1.76. The van der Waals surface area contributed by atoms with E-state index in [1.54, 1.807) is 0 Å². The fourth-order valence-electron chi connectivity index (χ4n) is 4.28. The van der Waals surface area contributed by atoms with Crippen molar-refractivity contribution in [2.75, 3.05) is 19.0 Å². The molecule has 2 rings (SSSR count). The van der Waals surface area contributed by atoms with Crippen molar-refractivity contribution in [2.45, 2.75) is 57.3 Å². The number of esters is 1. The molecule has 10 heteroatoms. The van der Waals surface area contributed by atoms with Gasteiger partial charge in [-0.25, -0.2) is 4.79 Å². The van der Waals surface area contributed by atoms with Crippen LogP contribution < -0.4 is 21.0 Å². The Morgan fingerprint density at radius 1 is 0.973 bits per heavy atom. The van der Waals surface area contributed by atoms with E-state index in [0.29, 0.717) is 5.33 Å². The molecule has 0 saturated carbocycles. The highest BCUT2D eigenvalue weighted by Crippen LogP contribution is 2.36. The Bertz CT molecular complexity index is 991. The van der Waals surface area contributed by atoms with E-state index in [4.69, 9.17) is 9.16 Å². The van der Waals surface area contributed by atoms with Gasteiger partial charge in [0.05, 0.1) is 19.8 Å². The molecule has 0 aliphatic carbocycles. The number of hydrogen-bond donors (Lipinski definition) is 3. The molecule has 0 aromatic heterocycles. The van der Waals surface area contributed by atoms with Gasteiger partial charge in [0.1, 0.15) is 12.1 Å². The number of nitrogens with one attached hydrogen (secondary N) is 2. The van der Waals surface area contributed by atoms with E-state index >= 15 is 0 Å². The van der Waals surface area contributed by atoms with E-state index in [1.165, 1.54) is 14.0 Å². The molecular weight excluding hydrogens is 556 g/mol. The van der Waals surface area contributed by atoms with Crippen LogP contribution in [0.5, 0.6) is 0 Å². The summed E-state index contributed by atoms with van der Waals surface area (Å²) in [4.78, 5) is 37.9. The van der Waals surface area contributed by atoms with Crippen LogP contribution in [0.15, 0.2) is 60.7 Å². The van der Waals surface area contributed by atoms with Gasteiger partial charge in [-0.3, -0.25) is 9.59 Å². The van der Waals surface area contributed by atoms with Crippen LogP contribution in [-0.2, 0) is 23.5 Å². The molecule has 0 fully saturated rings. The van der Waals surface area contributed by atoms with Crippen molar-refractivity contribution in [3.63, 3.8) is 0 Å². The molecule has 0 radical (unpaired) electrons. The Morgan fingerprint density at radius 3 is 1.89 bits per heavy atom. The molecule has 8 nitrogen and oxygen atoms in total. The number of halogens is 1. The number of carbonyl (C=O) groups is 3. The first-order chi connectivity index (χ1) is 17.5. The number of aliphatic hydroxyl groups is 1. The fourth-order valence-corrected chi connectivity index (χ4v) is 9.21. The lowest BCUT2D eigenvalue weighted by Crippen LogP contribution is -2.68. The molecule has 37 heavy (non-hydrogen) atoms. The number of methoxy groups -OCH3 is 1. The molecule has 3 N–H and O–H groups in total. The van der Waals surface area contributed by atoms with Gasteiger partial charge >= 0.3 is 5.97 Å². The fraction of sp³-hybridized carbons (Fsp3) is 0.444. The number of hydrogen-bond acceptors (Lipinski definition) is 6. The van der Waals surface area contributed by atoms with Gasteiger partial charge in [0.2, 0.25) is 11.8 Å². The van der Waals surface area contributed by atoms with Crippen molar-refractivity contribution in [2.24, 2.45) is 0 Å². The summed E-state index contributed by atoms with van der Waals surface area (Å²) in [6, 6.07) is 17.4. The van der Waals surface area contributed by atoms with Gasteiger partial charge in [0, 0.05) is 11.8 Å². The van der Waals surface area contributed by atoms with Gasteiger partial charge in [-0.2, -0.15) is 0 Å². The normalized spacial score (nSPS) is 14.2.